The molecule has 0 atom stereocenters. The lowest BCUT2D eigenvalue weighted by molar-refractivity contribution is 0.0953. The molecular weight excluding hydrogens is 347 g/mol. The Morgan fingerprint density at radius 1 is 1.53 bits per heavy atom. The van der Waals surface area contributed by atoms with Crippen molar-refractivity contribution in [2.45, 2.75) is 12.8 Å². The molecule has 15 heavy (non-hydrogen) atoms. The maximum Gasteiger partial charge on any atom is 0.252 e. The molecule has 0 saturated heterocycles. The molecule has 3 N–H and O–H groups in total. The van der Waals surface area contributed by atoms with Crippen LogP contribution in [0.25, 0.3) is 0 Å². The van der Waals surface area contributed by atoms with E-state index in [1.165, 1.54) is 0 Å². The minimum Gasteiger partial charge on any atom is -0.352 e. The van der Waals surface area contributed by atoms with Gasteiger partial charge in [0, 0.05) is 11.9 Å². The van der Waals surface area contributed by atoms with Crippen molar-refractivity contribution in [2.75, 3.05) is 13.1 Å². The van der Waals surface area contributed by atoms with Gasteiger partial charge in [-0.3, -0.25) is 4.79 Å². The fourth-order valence-corrected chi connectivity index (χ4v) is 2.33. The second-order valence-corrected chi connectivity index (χ2v) is 5.70. The normalized spacial score (nSPS) is 9.47. The Morgan fingerprint density at radius 3 is 2.80 bits per heavy atom. The first-order valence-electron chi connectivity index (χ1n) is 4.46. The summed E-state index contributed by atoms with van der Waals surface area (Å²) in [5, 5.41) is 4.73. The second-order valence-electron chi connectivity index (χ2n) is 2.89. The first kappa shape index (κ1) is 15.2. The van der Waals surface area contributed by atoms with E-state index in [1.54, 1.807) is 11.3 Å². The van der Waals surface area contributed by atoms with Gasteiger partial charge in [0.2, 0.25) is 0 Å². The maximum absolute atomic E-state index is 11.5. The lowest BCUT2D eigenvalue weighted by atomic mass is 10.3. The van der Waals surface area contributed by atoms with E-state index in [1.807, 2.05) is 11.4 Å². The molecule has 0 spiro atoms. The van der Waals surface area contributed by atoms with Crippen LogP contribution >= 0.6 is 46.3 Å². The van der Waals surface area contributed by atoms with Gasteiger partial charge in [0.1, 0.15) is 0 Å². The van der Waals surface area contributed by atoms with Crippen LogP contribution in [0.5, 0.6) is 0 Å². The quantitative estimate of drug-likeness (QED) is 0.625. The van der Waals surface area contributed by atoms with E-state index in [0.717, 1.165) is 21.3 Å². The predicted octanol–water partition coefficient (Wildman–Crippen LogP) is 2.24. The Balaban J connectivity index is 0.00000196. The van der Waals surface area contributed by atoms with Crippen LogP contribution in [0.2, 0.25) is 0 Å². The number of halogens is 2. The Hall–Kier alpha value is 0.150. The van der Waals surface area contributed by atoms with Crippen molar-refractivity contribution in [1.29, 1.82) is 0 Å². The zero-order valence-corrected chi connectivity index (χ0v) is 12.0. The first-order valence-corrected chi connectivity index (χ1v) is 6.42. The predicted molar refractivity (Wildman–Crippen MR) is 74.9 cm³/mol. The van der Waals surface area contributed by atoms with Crippen molar-refractivity contribution in [1.82, 2.24) is 5.32 Å². The summed E-state index contributed by atoms with van der Waals surface area (Å²) < 4.78 is 1.13. The van der Waals surface area contributed by atoms with E-state index >= 15 is 0 Å². The molecule has 1 amide bonds. The molecule has 0 aliphatic carbocycles. The number of nitrogens with one attached hydrogen (secondary N) is 1. The third-order valence-corrected chi connectivity index (χ3v) is 3.54. The molecule has 6 heteroatoms. The monoisotopic (exact) mass is 360 g/mol. The second kappa shape index (κ2) is 8.32. The molecule has 0 bridgehead atoms. The Labute approximate surface area is 113 Å². The summed E-state index contributed by atoms with van der Waals surface area (Å²) in [4.78, 5) is 11.5. The van der Waals surface area contributed by atoms with Gasteiger partial charge in [0.25, 0.3) is 5.91 Å². The minimum atomic E-state index is 0. The molecule has 1 aromatic rings. The molecule has 1 rings (SSSR count). The SMILES string of the molecule is Cl.NCCCCNC(=O)c1csc(I)c1. The molecule has 0 radical (unpaired) electrons. The van der Waals surface area contributed by atoms with Crippen molar-refractivity contribution in [2.24, 2.45) is 5.73 Å². The number of nitrogens with two attached hydrogens (primary N) is 1. The third-order valence-electron chi connectivity index (χ3n) is 1.75. The number of amides is 1. The van der Waals surface area contributed by atoms with Crippen LogP contribution in [0.3, 0.4) is 0 Å². The highest BCUT2D eigenvalue weighted by Crippen LogP contribution is 2.16. The van der Waals surface area contributed by atoms with Crippen molar-refractivity contribution in [3.05, 3.63) is 19.9 Å². The summed E-state index contributed by atoms with van der Waals surface area (Å²) in [6.07, 6.45) is 1.91. The molecular formula is C9H14ClIN2OS. The fraction of sp³-hybridized carbons (Fsp3) is 0.444. The molecule has 0 unspecified atom stereocenters. The number of carbonyl (C=O) groups excluding carboxylic acids is 1. The molecule has 0 aliphatic rings. The van der Waals surface area contributed by atoms with Crippen LogP contribution in [0, 0.1) is 2.88 Å². The van der Waals surface area contributed by atoms with Crippen LogP contribution in [0.15, 0.2) is 11.4 Å². The largest absolute Gasteiger partial charge is 0.352 e. The molecule has 3 nitrogen and oxygen atoms in total. The molecule has 86 valence electrons. The van der Waals surface area contributed by atoms with Gasteiger partial charge in [-0.1, -0.05) is 0 Å². The van der Waals surface area contributed by atoms with Gasteiger partial charge < -0.3 is 11.1 Å². The number of hydrogen-bond donors (Lipinski definition) is 2. The average Bonchev–Trinajstić information content (AvgIpc) is 2.59. The standard InChI is InChI=1S/C9H13IN2OS.ClH/c10-8-5-7(6-14-8)9(13)12-4-2-1-3-11;/h5-6H,1-4,11H2,(H,12,13);1H. The Bertz CT molecular complexity index is 306. The summed E-state index contributed by atoms with van der Waals surface area (Å²) in [7, 11) is 0. The Morgan fingerprint density at radius 2 is 2.27 bits per heavy atom. The lowest BCUT2D eigenvalue weighted by Crippen LogP contribution is -2.24. The maximum atomic E-state index is 11.5. The van der Waals surface area contributed by atoms with Crippen LogP contribution < -0.4 is 11.1 Å². The van der Waals surface area contributed by atoms with E-state index in [4.69, 9.17) is 5.73 Å². The van der Waals surface area contributed by atoms with Crippen LogP contribution in [0.4, 0.5) is 0 Å². The summed E-state index contributed by atoms with van der Waals surface area (Å²) >= 11 is 3.79. The van der Waals surface area contributed by atoms with E-state index in [9.17, 15) is 4.79 Å². The Kier molecular flexibility index (Phi) is 8.40. The minimum absolute atomic E-state index is 0. The number of thiophene rings is 1. The highest BCUT2D eigenvalue weighted by Gasteiger charge is 2.06. The smallest absolute Gasteiger partial charge is 0.252 e. The van der Waals surface area contributed by atoms with Crippen molar-refractivity contribution < 1.29 is 4.79 Å². The fourth-order valence-electron chi connectivity index (χ4n) is 1.00. The highest BCUT2D eigenvalue weighted by molar-refractivity contribution is 14.1. The van der Waals surface area contributed by atoms with Crippen molar-refractivity contribution in [3.8, 4) is 0 Å². The summed E-state index contributed by atoms with van der Waals surface area (Å²) in [6.45, 7) is 1.40. The van der Waals surface area contributed by atoms with Gasteiger partial charge in [0.05, 0.1) is 8.45 Å². The molecule has 0 fully saturated rings. The van der Waals surface area contributed by atoms with Gasteiger partial charge in [-0.2, -0.15) is 0 Å². The molecule has 1 aromatic heterocycles. The van der Waals surface area contributed by atoms with Gasteiger partial charge in [0.15, 0.2) is 0 Å². The van der Waals surface area contributed by atoms with E-state index in [-0.39, 0.29) is 18.3 Å². The van der Waals surface area contributed by atoms with E-state index in [2.05, 4.69) is 27.9 Å². The van der Waals surface area contributed by atoms with Gasteiger partial charge >= 0.3 is 0 Å². The number of hydrogen-bond acceptors (Lipinski definition) is 3. The van der Waals surface area contributed by atoms with Crippen LogP contribution in [0.1, 0.15) is 23.2 Å². The molecule has 1 heterocycles. The zero-order valence-electron chi connectivity index (χ0n) is 8.16. The first-order chi connectivity index (χ1) is 6.74. The average molecular weight is 361 g/mol. The molecule has 0 aromatic carbocycles. The summed E-state index contributed by atoms with van der Waals surface area (Å²) in [5.74, 6) is 0.0150. The molecule has 0 aliphatic heterocycles. The van der Waals surface area contributed by atoms with Crippen molar-refractivity contribution >= 4 is 52.2 Å². The number of rotatable bonds is 5. The summed E-state index contributed by atoms with van der Waals surface area (Å²) in [6, 6.07) is 1.89. The van der Waals surface area contributed by atoms with E-state index in [0.29, 0.717) is 13.1 Å². The van der Waals surface area contributed by atoms with Crippen molar-refractivity contribution in [3.63, 3.8) is 0 Å². The topological polar surface area (TPSA) is 55.1 Å². The number of carbonyl (C=O) groups is 1. The zero-order chi connectivity index (χ0) is 10.4. The highest BCUT2D eigenvalue weighted by atomic mass is 127. The van der Waals surface area contributed by atoms with Gasteiger partial charge in [-0.15, -0.1) is 23.7 Å². The van der Waals surface area contributed by atoms with Gasteiger partial charge in [-0.05, 0) is 48.0 Å². The van der Waals surface area contributed by atoms with E-state index < -0.39 is 0 Å². The summed E-state index contributed by atoms with van der Waals surface area (Å²) in [5.41, 5.74) is 6.10. The van der Waals surface area contributed by atoms with Gasteiger partial charge in [-0.25, -0.2) is 0 Å². The third kappa shape index (κ3) is 5.70. The number of unbranched alkanes of at least 4 members (excludes halogenated alkanes) is 1. The van der Waals surface area contributed by atoms with Crippen LogP contribution in [-0.2, 0) is 0 Å². The lowest BCUT2D eigenvalue weighted by Gasteiger charge is -2.01. The van der Waals surface area contributed by atoms with Crippen LogP contribution in [-0.4, -0.2) is 19.0 Å². The molecule has 0 saturated carbocycles.